The molecule has 0 spiro atoms. The number of rotatable bonds is 9. The van der Waals surface area contributed by atoms with Gasteiger partial charge < -0.3 is 20.3 Å². The van der Waals surface area contributed by atoms with Crippen molar-refractivity contribution in [1.82, 2.24) is 14.8 Å². The van der Waals surface area contributed by atoms with Crippen LogP contribution in [0.5, 0.6) is 5.75 Å². The zero-order chi connectivity index (χ0) is 22.8. The lowest BCUT2D eigenvalue weighted by Gasteiger charge is -2.11. The van der Waals surface area contributed by atoms with Gasteiger partial charge in [-0.2, -0.15) is 5.26 Å². The number of benzene rings is 1. The van der Waals surface area contributed by atoms with Crippen molar-refractivity contribution < 1.29 is 9.53 Å². The average Bonchev–Trinajstić information content (AvgIpc) is 3.05. The maximum Gasteiger partial charge on any atom is 0.277 e. The Hall–Kier alpha value is -3.31. The molecule has 0 aliphatic rings. The summed E-state index contributed by atoms with van der Waals surface area (Å²) in [5, 5.41) is 15.1. The summed E-state index contributed by atoms with van der Waals surface area (Å²) in [5.41, 5.74) is 3.38. The molecule has 2 rings (SSSR count). The molecule has 1 amide bonds. The molecule has 0 radical (unpaired) electrons. The molecule has 0 aliphatic carbocycles. The molecule has 0 aliphatic heterocycles. The minimum absolute atomic E-state index is 0.0725. The quantitative estimate of drug-likeness (QED) is 0.594. The minimum Gasteiger partial charge on any atom is -0.492 e. The third kappa shape index (κ3) is 6.59. The summed E-state index contributed by atoms with van der Waals surface area (Å²) in [4.78, 5) is 26.9. The van der Waals surface area contributed by atoms with E-state index in [1.165, 1.54) is 10.8 Å². The first-order valence-electron chi connectivity index (χ1n) is 9.92. The molecular formula is C22H27N5O3S. The zero-order valence-electron chi connectivity index (χ0n) is 18.2. The number of amides is 1. The highest BCUT2D eigenvalue weighted by Crippen LogP contribution is 2.15. The van der Waals surface area contributed by atoms with Gasteiger partial charge in [0.2, 0.25) is 0 Å². The summed E-state index contributed by atoms with van der Waals surface area (Å²) in [5.74, 6) is 0.286. The third-order valence-electron chi connectivity index (χ3n) is 4.19. The van der Waals surface area contributed by atoms with Crippen molar-refractivity contribution in [1.29, 1.82) is 5.26 Å². The SMILES string of the molecule is CCNC(=O)/C(C#N)=c1\sc(=C=CNc2ccc(OCCN(C)C)cc2)c(=O)n1CC. The van der Waals surface area contributed by atoms with Gasteiger partial charge >= 0.3 is 0 Å². The highest BCUT2D eigenvalue weighted by atomic mass is 32.1. The van der Waals surface area contributed by atoms with E-state index in [1.54, 1.807) is 13.8 Å². The number of nitriles is 1. The molecule has 9 heteroatoms. The minimum atomic E-state index is -0.491. The van der Waals surface area contributed by atoms with Gasteiger partial charge in [0.15, 0.2) is 5.57 Å². The molecule has 1 aromatic carbocycles. The second-order valence-corrected chi connectivity index (χ2v) is 7.74. The molecule has 1 heterocycles. The van der Waals surface area contributed by atoms with Gasteiger partial charge in [-0.1, -0.05) is 5.73 Å². The van der Waals surface area contributed by atoms with Crippen LogP contribution in [0.3, 0.4) is 0 Å². The first kappa shape index (κ1) is 24.0. The van der Waals surface area contributed by atoms with Crippen LogP contribution in [0.25, 0.3) is 11.3 Å². The van der Waals surface area contributed by atoms with E-state index < -0.39 is 5.91 Å². The van der Waals surface area contributed by atoms with Crippen molar-refractivity contribution in [3.8, 4) is 11.8 Å². The molecule has 0 fully saturated rings. The molecule has 31 heavy (non-hydrogen) atoms. The fourth-order valence-electron chi connectivity index (χ4n) is 2.60. The van der Waals surface area contributed by atoms with Gasteiger partial charge in [0.1, 0.15) is 27.6 Å². The summed E-state index contributed by atoms with van der Waals surface area (Å²) >= 11 is 1.07. The fraction of sp³-hybridized carbons (Fsp3) is 0.364. The molecular weight excluding hydrogens is 414 g/mol. The summed E-state index contributed by atoms with van der Waals surface area (Å²) in [6.07, 6.45) is 1.54. The van der Waals surface area contributed by atoms with E-state index in [0.717, 1.165) is 29.3 Å². The summed E-state index contributed by atoms with van der Waals surface area (Å²) in [7, 11) is 3.98. The lowest BCUT2D eigenvalue weighted by Crippen LogP contribution is -2.34. The second kappa shape index (κ2) is 11.8. The average molecular weight is 442 g/mol. The predicted octanol–water partition coefficient (Wildman–Crippen LogP) is 0.686. The summed E-state index contributed by atoms with van der Waals surface area (Å²) in [6.45, 7) is 5.74. The smallest absolute Gasteiger partial charge is 0.277 e. The summed E-state index contributed by atoms with van der Waals surface area (Å²) < 4.78 is 7.71. The number of aromatic nitrogens is 1. The van der Waals surface area contributed by atoms with Gasteiger partial charge in [0, 0.05) is 31.5 Å². The first-order valence-corrected chi connectivity index (χ1v) is 10.7. The lowest BCUT2D eigenvalue weighted by atomic mass is 10.3. The van der Waals surface area contributed by atoms with Crippen molar-refractivity contribution in [2.45, 2.75) is 20.4 Å². The summed E-state index contributed by atoms with van der Waals surface area (Å²) in [6, 6.07) is 9.36. The highest BCUT2D eigenvalue weighted by molar-refractivity contribution is 7.07. The van der Waals surface area contributed by atoms with Crippen LogP contribution in [0.1, 0.15) is 13.8 Å². The zero-order valence-corrected chi connectivity index (χ0v) is 19.0. The number of likely N-dealkylation sites (N-methyl/N-ethyl adjacent to an activating group) is 1. The first-order chi connectivity index (χ1) is 14.9. The Bertz CT molecular complexity index is 1150. The number of nitrogens with zero attached hydrogens (tertiary/aromatic N) is 3. The Morgan fingerprint density at radius 1 is 1.29 bits per heavy atom. The number of ether oxygens (including phenoxy) is 1. The molecule has 2 aromatic rings. The van der Waals surface area contributed by atoms with Crippen LogP contribution in [0.15, 0.2) is 35.3 Å². The van der Waals surface area contributed by atoms with Crippen LogP contribution in [0.2, 0.25) is 0 Å². The Morgan fingerprint density at radius 3 is 2.58 bits per heavy atom. The monoisotopic (exact) mass is 441 g/mol. The van der Waals surface area contributed by atoms with Crippen molar-refractivity contribution in [2.24, 2.45) is 0 Å². The van der Waals surface area contributed by atoms with Crippen LogP contribution in [-0.2, 0) is 11.3 Å². The van der Waals surface area contributed by atoms with Gasteiger partial charge in [-0.05, 0) is 52.2 Å². The number of hydrogen-bond acceptors (Lipinski definition) is 7. The fourth-order valence-corrected chi connectivity index (χ4v) is 3.67. The van der Waals surface area contributed by atoms with Crippen molar-refractivity contribution >= 4 is 34.2 Å². The molecule has 0 saturated carbocycles. The van der Waals surface area contributed by atoms with E-state index in [-0.39, 0.29) is 11.1 Å². The van der Waals surface area contributed by atoms with Crippen LogP contribution in [-0.4, -0.2) is 49.2 Å². The molecule has 2 N–H and O–H groups in total. The van der Waals surface area contributed by atoms with E-state index in [1.807, 2.05) is 49.3 Å². The molecule has 0 bridgehead atoms. The van der Waals surface area contributed by atoms with E-state index >= 15 is 0 Å². The maximum atomic E-state index is 12.6. The number of nitrogens with one attached hydrogen (secondary N) is 2. The standard InChI is InChI=1S/C22H27N5O3S/c1-5-24-20(28)18(15-23)22-27(6-2)21(29)19(31-22)11-12-25-16-7-9-17(10-8-16)30-14-13-26(3)4/h7-10,12,25H,5-6,13-14H2,1-4H3,(H,24,28)/b22-18-. The number of hydrogen-bond donors (Lipinski definition) is 2. The molecule has 1 aromatic heterocycles. The molecule has 164 valence electrons. The number of anilines is 1. The molecule has 0 unspecified atom stereocenters. The van der Waals surface area contributed by atoms with E-state index in [9.17, 15) is 14.9 Å². The largest absolute Gasteiger partial charge is 0.492 e. The van der Waals surface area contributed by atoms with Gasteiger partial charge in [-0.25, -0.2) is 0 Å². The van der Waals surface area contributed by atoms with Crippen LogP contribution < -0.4 is 30.1 Å². The van der Waals surface area contributed by atoms with Crippen molar-refractivity contribution in [2.75, 3.05) is 39.1 Å². The Labute approximate surface area is 185 Å². The van der Waals surface area contributed by atoms with Gasteiger partial charge in [-0.15, -0.1) is 11.3 Å². The molecule has 0 saturated heterocycles. The normalized spacial score (nSPS) is 11.4. The number of thiazole rings is 1. The molecule has 8 nitrogen and oxygen atoms in total. The van der Waals surface area contributed by atoms with Crippen molar-refractivity contribution in [3.05, 3.63) is 50.0 Å². The highest BCUT2D eigenvalue weighted by Gasteiger charge is 2.14. The Balaban J connectivity index is 2.28. The maximum absolute atomic E-state index is 12.6. The van der Waals surface area contributed by atoms with Crippen LogP contribution in [0, 0.1) is 11.3 Å². The predicted molar refractivity (Wildman–Crippen MR) is 123 cm³/mol. The lowest BCUT2D eigenvalue weighted by molar-refractivity contribution is -0.115. The van der Waals surface area contributed by atoms with Gasteiger partial charge in [-0.3, -0.25) is 14.2 Å². The number of carbonyl (C=O) groups is 1. The van der Waals surface area contributed by atoms with Crippen LogP contribution >= 0.6 is 11.3 Å². The molecule has 0 atom stereocenters. The number of carbonyl (C=O) groups excluding carboxylic acids is 1. The third-order valence-corrected chi connectivity index (χ3v) is 5.31. The second-order valence-electron chi connectivity index (χ2n) is 6.74. The van der Waals surface area contributed by atoms with Gasteiger partial charge in [0.25, 0.3) is 11.5 Å². The van der Waals surface area contributed by atoms with Crippen molar-refractivity contribution in [3.63, 3.8) is 0 Å². The van der Waals surface area contributed by atoms with E-state index in [0.29, 0.717) is 28.9 Å². The topological polar surface area (TPSA) is 99.4 Å². The Kier molecular flexibility index (Phi) is 9.10. The van der Waals surface area contributed by atoms with Gasteiger partial charge in [0.05, 0.1) is 0 Å². The Morgan fingerprint density at radius 2 is 2.00 bits per heavy atom. The van der Waals surface area contributed by atoms with E-state index in [4.69, 9.17) is 4.74 Å². The van der Waals surface area contributed by atoms with E-state index in [2.05, 4.69) is 16.4 Å². The van der Waals surface area contributed by atoms with Crippen LogP contribution in [0.4, 0.5) is 5.69 Å².